The fourth-order valence-electron chi connectivity index (χ4n) is 2.62. The van der Waals surface area contributed by atoms with Gasteiger partial charge in [-0.2, -0.15) is 5.10 Å². The van der Waals surface area contributed by atoms with Crippen molar-refractivity contribution in [2.24, 2.45) is 5.92 Å². The molecule has 1 N–H and O–H groups in total. The van der Waals surface area contributed by atoms with Crippen LogP contribution in [-0.2, 0) is 16.4 Å². The molecule has 1 fully saturated rings. The van der Waals surface area contributed by atoms with Crippen molar-refractivity contribution in [2.45, 2.75) is 24.2 Å². The molecule has 0 aliphatic heterocycles. The zero-order chi connectivity index (χ0) is 17.4. The van der Waals surface area contributed by atoms with E-state index in [4.69, 9.17) is 0 Å². The van der Waals surface area contributed by atoms with Crippen molar-refractivity contribution < 1.29 is 13.2 Å². The highest BCUT2D eigenvalue weighted by Gasteiger charge is 2.30. The van der Waals surface area contributed by atoms with E-state index in [1.807, 2.05) is 5.38 Å². The molecule has 2 aromatic heterocycles. The number of hydrogen-bond acceptors (Lipinski definition) is 6. The minimum Gasteiger partial charge on any atom is -0.294 e. The largest absolute Gasteiger partial charge is 0.294 e. The number of carbonyl (C=O) groups is 1. The van der Waals surface area contributed by atoms with Gasteiger partial charge in [0.15, 0.2) is 5.78 Å². The van der Waals surface area contributed by atoms with Gasteiger partial charge in [0.2, 0.25) is 15.0 Å². The lowest BCUT2D eigenvalue weighted by Gasteiger charge is -2.07. The van der Waals surface area contributed by atoms with Gasteiger partial charge >= 0.3 is 0 Å². The minimum atomic E-state index is -3.60. The van der Waals surface area contributed by atoms with Crippen LogP contribution >= 0.6 is 11.3 Å². The van der Waals surface area contributed by atoms with Gasteiger partial charge in [-0.25, -0.2) is 22.6 Å². The average molecular weight is 376 g/mol. The number of sulfonamides is 1. The SMILES string of the molecule is O=C(c1ccc(S(=O)(=O)NCCc2csc3ncnn23)cc1)C1CC1. The number of benzene rings is 1. The molecule has 0 spiro atoms. The zero-order valence-electron chi connectivity index (χ0n) is 13.3. The lowest BCUT2D eigenvalue weighted by atomic mass is 10.1. The molecule has 7 nitrogen and oxygen atoms in total. The third-order valence-corrected chi connectivity index (χ3v) is 6.52. The minimum absolute atomic E-state index is 0.103. The van der Waals surface area contributed by atoms with Crippen LogP contribution in [0.1, 0.15) is 28.9 Å². The summed E-state index contributed by atoms with van der Waals surface area (Å²) in [5.41, 5.74) is 1.49. The number of hydrogen-bond donors (Lipinski definition) is 1. The summed E-state index contributed by atoms with van der Waals surface area (Å²) < 4.78 is 29.0. The van der Waals surface area contributed by atoms with Crippen LogP contribution in [0.5, 0.6) is 0 Å². The van der Waals surface area contributed by atoms with Crippen molar-refractivity contribution in [3.05, 3.63) is 47.2 Å². The summed E-state index contributed by atoms with van der Waals surface area (Å²) in [5, 5.41) is 6.02. The molecule has 1 aliphatic carbocycles. The van der Waals surface area contributed by atoms with Gasteiger partial charge in [-0.05, 0) is 25.0 Å². The molecule has 1 aromatic carbocycles. The molecule has 1 saturated carbocycles. The van der Waals surface area contributed by atoms with Crippen LogP contribution in [0, 0.1) is 5.92 Å². The Kier molecular flexibility index (Phi) is 4.14. The van der Waals surface area contributed by atoms with E-state index >= 15 is 0 Å². The van der Waals surface area contributed by atoms with Gasteiger partial charge in [-0.3, -0.25) is 4.79 Å². The van der Waals surface area contributed by atoms with Gasteiger partial charge in [-0.1, -0.05) is 12.1 Å². The van der Waals surface area contributed by atoms with Crippen molar-refractivity contribution in [1.29, 1.82) is 0 Å². The molecule has 0 amide bonds. The number of carbonyl (C=O) groups excluding carboxylic acids is 1. The Morgan fingerprint density at radius 1 is 1.28 bits per heavy atom. The maximum absolute atomic E-state index is 12.4. The summed E-state index contributed by atoms with van der Waals surface area (Å²) in [6.07, 6.45) is 3.86. The molecule has 0 unspecified atom stereocenters. The number of nitrogens with one attached hydrogen (secondary N) is 1. The molecule has 4 rings (SSSR count). The van der Waals surface area contributed by atoms with Gasteiger partial charge in [0.25, 0.3) is 0 Å². The second-order valence-corrected chi connectivity index (χ2v) is 8.60. The van der Waals surface area contributed by atoms with Crippen LogP contribution in [-0.4, -0.2) is 35.3 Å². The Labute approximate surface area is 148 Å². The molecule has 0 bridgehead atoms. The highest BCUT2D eigenvalue weighted by Crippen LogP contribution is 2.32. The predicted octanol–water partition coefficient (Wildman–Crippen LogP) is 1.90. The Morgan fingerprint density at radius 3 is 2.76 bits per heavy atom. The number of aromatic nitrogens is 3. The smallest absolute Gasteiger partial charge is 0.240 e. The number of fused-ring (bicyclic) bond motifs is 1. The lowest BCUT2D eigenvalue weighted by molar-refractivity contribution is 0.0967. The molecule has 0 atom stereocenters. The first-order chi connectivity index (χ1) is 12.0. The van der Waals surface area contributed by atoms with Crippen molar-refractivity contribution in [3.8, 4) is 0 Å². The fourth-order valence-corrected chi connectivity index (χ4v) is 4.48. The van der Waals surface area contributed by atoms with E-state index in [1.54, 1.807) is 16.6 Å². The maximum Gasteiger partial charge on any atom is 0.240 e. The fraction of sp³-hybridized carbons (Fsp3) is 0.312. The Balaban J connectivity index is 1.40. The molecule has 0 saturated heterocycles. The van der Waals surface area contributed by atoms with E-state index in [0.29, 0.717) is 12.0 Å². The summed E-state index contributed by atoms with van der Waals surface area (Å²) in [4.78, 5) is 17.0. The first kappa shape index (κ1) is 16.4. The van der Waals surface area contributed by atoms with Gasteiger partial charge in [0.1, 0.15) is 6.33 Å². The van der Waals surface area contributed by atoms with Crippen LogP contribution in [0.4, 0.5) is 0 Å². The zero-order valence-corrected chi connectivity index (χ0v) is 14.9. The van der Waals surface area contributed by atoms with E-state index < -0.39 is 10.0 Å². The Hall–Kier alpha value is -2.10. The Bertz CT molecular complexity index is 1020. The molecule has 130 valence electrons. The van der Waals surface area contributed by atoms with Crippen molar-refractivity contribution in [1.82, 2.24) is 19.3 Å². The van der Waals surface area contributed by atoms with Crippen molar-refractivity contribution >= 4 is 32.1 Å². The molecule has 3 aromatic rings. The molecule has 1 aliphatic rings. The monoisotopic (exact) mass is 376 g/mol. The number of thiazole rings is 1. The summed E-state index contributed by atoms with van der Waals surface area (Å²) in [5.74, 6) is 0.228. The number of ketones is 1. The normalized spacial score (nSPS) is 14.9. The molecular weight excluding hydrogens is 360 g/mol. The molecule has 0 radical (unpaired) electrons. The summed E-state index contributed by atoms with van der Waals surface area (Å²) >= 11 is 1.47. The summed E-state index contributed by atoms with van der Waals surface area (Å²) in [7, 11) is -3.60. The van der Waals surface area contributed by atoms with Crippen LogP contribution in [0.2, 0.25) is 0 Å². The highest BCUT2D eigenvalue weighted by molar-refractivity contribution is 7.89. The quantitative estimate of drug-likeness (QED) is 0.636. The van der Waals surface area contributed by atoms with Gasteiger partial charge < -0.3 is 0 Å². The first-order valence-corrected chi connectivity index (χ1v) is 10.3. The summed E-state index contributed by atoms with van der Waals surface area (Å²) in [6, 6.07) is 6.15. The summed E-state index contributed by atoms with van der Waals surface area (Å²) in [6.45, 7) is 0.261. The van der Waals surface area contributed by atoms with Crippen LogP contribution < -0.4 is 4.72 Å². The molecule has 25 heavy (non-hydrogen) atoms. The van der Waals surface area contributed by atoms with E-state index in [0.717, 1.165) is 23.5 Å². The number of nitrogens with zero attached hydrogens (tertiary/aromatic N) is 3. The molecule has 9 heteroatoms. The van der Waals surface area contributed by atoms with E-state index in [2.05, 4.69) is 14.8 Å². The van der Waals surface area contributed by atoms with E-state index in [9.17, 15) is 13.2 Å². The van der Waals surface area contributed by atoms with Crippen LogP contribution in [0.15, 0.2) is 40.9 Å². The van der Waals surface area contributed by atoms with Gasteiger partial charge in [0, 0.05) is 29.8 Å². The van der Waals surface area contributed by atoms with Crippen molar-refractivity contribution in [2.75, 3.05) is 6.54 Å². The van der Waals surface area contributed by atoms with Gasteiger partial charge in [-0.15, -0.1) is 11.3 Å². The maximum atomic E-state index is 12.4. The third kappa shape index (κ3) is 3.35. The van der Waals surface area contributed by atoms with Gasteiger partial charge in [0.05, 0.1) is 10.6 Å². The van der Waals surface area contributed by atoms with E-state index in [-0.39, 0.29) is 23.1 Å². The lowest BCUT2D eigenvalue weighted by Crippen LogP contribution is -2.26. The number of Topliss-reactive ketones (excluding diaryl/α,β-unsaturated/α-hetero) is 1. The van der Waals surface area contributed by atoms with E-state index in [1.165, 1.54) is 29.8 Å². The highest BCUT2D eigenvalue weighted by atomic mass is 32.2. The Morgan fingerprint density at radius 2 is 2.04 bits per heavy atom. The van der Waals surface area contributed by atoms with Crippen LogP contribution in [0.25, 0.3) is 4.96 Å². The molecule has 2 heterocycles. The predicted molar refractivity (Wildman–Crippen MR) is 93.3 cm³/mol. The standard InChI is InChI=1S/C16H16N4O3S2/c21-15(11-1-2-11)12-3-5-14(6-4-12)25(22,23)19-8-7-13-9-24-16-17-10-18-20(13)16/h3-6,9-11,19H,1-2,7-8H2. The topological polar surface area (TPSA) is 93.4 Å². The average Bonchev–Trinajstić information content (AvgIpc) is 3.23. The van der Waals surface area contributed by atoms with Crippen LogP contribution in [0.3, 0.4) is 0 Å². The van der Waals surface area contributed by atoms with Crippen molar-refractivity contribution in [3.63, 3.8) is 0 Å². The molecular formula is C16H16N4O3S2. The third-order valence-electron chi connectivity index (χ3n) is 4.16. The number of rotatable bonds is 7. The first-order valence-electron chi connectivity index (χ1n) is 7.95. The second-order valence-electron chi connectivity index (χ2n) is 5.99. The second kappa shape index (κ2) is 6.32.